The minimum Gasteiger partial charge on any atom is -0.310 e. The van der Waals surface area contributed by atoms with Crippen molar-refractivity contribution < 1.29 is 0 Å². The molecule has 0 bridgehead atoms. The Morgan fingerprint density at radius 1 is 0.258 bits per heavy atom. The molecule has 0 heterocycles. The highest BCUT2D eigenvalue weighted by atomic mass is 15.1. The quantitative estimate of drug-likeness (QED) is 0.172. The van der Waals surface area contributed by atoms with Gasteiger partial charge in [-0.25, -0.2) is 0 Å². The van der Waals surface area contributed by atoms with Crippen molar-refractivity contribution in [1.82, 2.24) is 0 Å². The Kier molecular flexibility index (Phi) is 7.12. The molecular formula is C61H45N. The van der Waals surface area contributed by atoms with Crippen molar-refractivity contribution in [3.63, 3.8) is 0 Å². The third-order valence-corrected chi connectivity index (χ3v) is 15.1. The molecule has 0 unspecified atom stereocenters. The summed E-state index contributed by atoms with van der Waals surface area (Å²) in [6, 6.07) is 75.8. The number of nitrogens with zero attached hydrogens (tertiary/aromatic N) is 1. The second-order valence-electron chi connectivity index (χ2n) is 18.8. The molecule has 0 N–H and O–H groups in total. The van der Waals surface area contributed by atoms with Crippen LogP contribution >= 0.6 is 0 Å². The molecule has 1 nitrogen and oxygen atoms in total. The monoisotopic (exact) mass is 791 g/mol. The zero-order chi connectivity index (χ0) is 41.5. The first kappa shape index (κ1) is 35.5. The van der Waals surface area contributed by atoms with Gasteiger partial charge >= 0.3 is 0 Å². The van der Waals surface area contributed by atoms with Crippen LogP contribution in [0.15, 0.2) is 200 Å². The molecule has 4 aliphatic carbocycles. The van der Waals surface area contributed by atoms with E-state index in [0.717, 1.165) is 5.69 Å². The van der Waals surface area contributed by atoms with Crippen LogP contribution in [0.5, 0.6) is 0 Å². The number of hydrogen-bond acceptors (Lipinski definition) is 1. The van der Waals surface area contributed by atoms with E-state index >= 15 is 0 Å². The van der Waals surface area contributed by atoms with Crippen molar-refractivity contribution in [2.24, 2.45) is 0 Å². The summed E-state index contributed by atoms with van der Waals surface area (Å²) in [5, 5.41) is 0. The van der Waals surface area contributed by atoms with Gasteiger partial charge in [-0.2, -0.15) is 0 Å². The summed E-state index contributed by atoms with van der Waals surface area (Å²) in [5.74, 6) is 0. The van der Waals surface area contributed by atoms with Crippen molar-refractivity contribution in [1.29, 1.82) is 0 Å². The standard InChI is InChI=1S/C61H45N/c1-59(2)51-20-10-5-15-43(51)48-33-30-41(36-56(48)59)62(42-31-34-49-44-16-6-11-21-52(44)60(3,4)57(49)37-42)40-28-25-38(26-29-40)39-27-32-50-47-19-9-14-24-55(47)61(58(50)35-39)53-22-12-7-17-45(53)46-18-8-13-23-54(46)61/h5-37H,1-4H3. The second-order valence-corrected chi connectivity index (χ2v) is 18.8. The lowest BCUT2D eigenvalue weighted by Crippen LogP contribution is -2.25. The molecule has 294 valence electrons. The lowest BCUT2D eigenvalue weighted by molar-refractivity contribution is 0.660. The largest absolute Gasteiger partial charge is 0.310 e. The molecule has 0 aromatic heterocycles. The molecule has 4 aliphatic rings. The first-order chi connectivity index (χ1) is 30.3. The van der Waals surface area contributed by atoms with E-state index in [1.54, 1.807) is 0 Å². The van der Waals surface area contributed by atoms with E-state index in [2.05, 4.69) is 233 Å². The van der Waals surface area contributed by atoms with Crippen molar-refractivity contribution >= 4 is 17.1 Å². The number of hydrogen-bond donors (Lipinski definition) is 0. The van der Waals surface area contributed by atoms with Gasteiger partial charge in [-0.05, 0) is 143 Å². The first-order valence-electron chi connectivity index (χ1n) is 22.1. The molecule has 0 atom stereocenters. The molecule has 62 heavy (non-hydrogen) atoms. The van der Waals surface area contributed by atoms with E-state index in [-0.39, 0.29) is 16.2 Å². The zero-order valence-corrected chi connectivity index (χ0v) is 35.5. The lowest BCUT2D eigenvalue weighted by atomic mass is 9.70. The van der Waals surface area contributed by atoms with Crippen molar-refractivity contribution in [2.45, 2.75) is 43.9 Å². The average molecular weight is 792 g/mol. The summed E-state index contributed by atoms with van der Waals surface area (Å²) in [6.45, 7) is 9.49. The highest BCUT2D eigenvalue weighted by Crippen LogP contribution is 2.63. The predicted octanol–water partition coefficient (Wildman–Crippen LogP) is 15.8. The molecule has 0 saturated carbocycles. The summed E-state index contributed by atoms with van der Waals surface area (Å²) in [4.78, 5) is 2.48. The van der Waals surface area contributed by atoms with Crippen LogP contribution in [0.25, 0.3) is 55.6 Å². The van der Waals surface area contributed by atoms with E-state index in [4.69, 9.17) is 0 Å². The highest BCUT2D eigenvalue weighted by Gasteiger charge is 2.51. The van der Waals surface area contributed by atoms with Gasteiger partial charge in [-0.15, -0.1) is 0 Å². The van der Waals surface area contributed by atoms with E-state index < -0.39 is 0 Å². The Morgan fingerprint density at radius 3 is 1.03 bits per heavy atom. The third kappa shape index (κ3) is 4.53. The molecule has 13 rings (SSSR count). The van der Waals surface area contributed by atoms with Gasteiger partial charge in [-0.3, -0.25) is 0 Å². The van der Waals surface area contributed by atoms with Crippen molar-refractivity contribution in [3.05, 3.63) is 245 Å². The van der Waals surface area contributed by atoms with Crippen LogP contribution in [0.1, 0.15) is 72.2 Å². The van der Waals surface area contributed by atoms with Crippen molar-refractivity contribution in [3.8, 4) is 55.6 Å². The molecule has 0 amide bonds. The van der Waals surface area contributed by atoms with Crippen LogP contribution in [-0.2, 0) is 16.2 Å². The topological polar surface area (TPSA) is 3.24 Å². The van der Waals surface area contributed by atoms with Gasteiger partial charge in [0.25, 0.3) is 0 Å². The maximum Gasteiger partial charge on any atom is 0.0725 e. The summed E-state index contributed by atoms with van der Waals surface area (Å²) in [6.07, 6.45) is 0. The van der Waals surface area contributed by atoms with E-state index in [1.165, 1.54) is 112 Å². The van der Waals surface area contributed by atoms with Crippen LogP contribution in [0, 0.1) is 0 Å². The summed E-state index contributed by atoms with van der Waals surface area (Å²) in [7, 11) is 0. The van der Waals surface area contributed by atoms with Crippen LogP contribution in [0.4, 0.5) is 17.1 Å². The number of benzene rings is 9. The Balaban J connectivity index is 0.959. The lowest BCUT2D eigenvalue weighted by Gasteiger charge is -2.31. The molecular weight excluding hydrogens is 747 g/mol. The molecule has 0 aliphatic heterocycles. The molecule has 9 aromatic carbocycles. The minimum absolute atomic E-state index is 0.107. The first-order valence-corrected chi connectivity index (χ1v) is 22.1. The Labute approximate surface area is 364 Å². The van der Waals surface area contributed by atoms with Gasteiger partial charge < -0.3 is 4.90 Å². The fourth-order valence-corrected chi connectivity index (χ4v) is 12.2. The highest BCUT2D eigenvalue weighted by molar-refractivity contribution is 5.96. The van der Waals surface area contributed by atoms with Gasteiger partial charge in [0, 0.05) is 27.9 Å². The summed E-state index contributed by atoms with van der Waals surface area (Å²) < 4.78 is 0. The van der Waals surface area contributed by atoms with Crippen LogP contribution < -0.4 is 4.90 Å². The van der Waals surface area contributed by atoms with Crippen LogP contribution in [0.3, 0.4) is 0 Å². The third-order valence-electron chi connectivity index (χ3n) is 15.1. The van der Waals surface area contributed by atoms with E-state index in [9.17, 15) is 0 Å². The minimum atomic E-state index is -0.367. The Bertz CT molecular complexity index is 3190. The maximum atomic E-state index is 2.49. The fraction of sp³-hybridized carbons (Fsp3) is 0.115. The van der Waals surface area contributed by atoms with Gasteiger partial charge in [-0.1, -0.05) is 185 Å². The summed E-state index contributed by atoms with van der Waals surface area (Å²) in [5.41, 5.74) is 27.0. The maximum absolute atomic E-state index is 2.49. The number of anilines is 3. The van der Waals surface area contributed by atoms with E-state index in [0.29, 0.717) is 0 Å². The van der Waals surface area contributed by atoms with Crippen LogP contribution in [-0.4, -0.2) is 0 Å². The second kappa shape index (κ2) is 12.4. The molecule has 1 spiro atoms. The van der Waals surface area contributed by atoms with Gasteiger partial charge in [0.1, 0.15) is 0 Å². The molecule has 0 radical (unpaired) electrons. The smallest absolute Gasteiger partial charge is 0.0725 e. The van der Waals surface area contributed by atoms with E-state index in [1.807, 2.05) is 0 Å². The zero-order valence-electron chi connectivity index (χ0n) is 35.5. The average Bonchev–Trinajstić information content (AvgIpc) is 3.94. The Morgan fingerprint density at radius 2 is 0.581 bits per heavy atom. The SMILES string of the molecule is CC1(C)c2ccccc2-c2ccc(N(c3ccc(-c4ccc5c(c4)C4(c6ccccc6-c6ccccc64)c4ccccc4-5)cc3)c3ccc4c(c3)C(C)(C)c3ccccc3-4)cc21. The molecule has 9 aromatic rings. The van der Waals surface area contributed by atoms with Gasteiger partial charge in [0.05, 0.1) is 5.41 Å². The number of fused-ring (bicyclic) bond motifs is 16. The fourth-order valence-electron chi connectivity index (χ4n) is 12.2. The Hall–Kier alpha value is -7.22. The van der Waals surface area contributed by atoms with Gasteiger partial charge in [0.15, 0.2) is 0 Å². The van der Waals surface area contributed by atoms with Gasteiger partial charge in [0.2, 0.25) is 0 Å². The van der Waals surface area contributed by atoms with Crippen molar-refractivity contribution in [2.75, 3.05) is 4.90 Å². The normalized spacial score (nSPS) is 15.5. The summed E-state index contributed by atoms with van der Waals surface area (Å²) >= 11 is 0. The molecule has 1 heteroatoms. The predicted molar refractivity (Wildman–Crippen MR) is 258 cm³/mol. The molecule has 0 saturated heterocycles. The molecule has 0 fully saturated rings. The van der Waals surface area contributed by atoms with Crippen LogP contribution in [0.2, 0.25) is 0 Å². The number of rotatable bonds is 4.